The molecule has 6 heteroatoms. The number of carbonyl (C=O) groups is 2. The van der Waals surface area contributed by atoms with Gasteiger partial charge in [-0.15, -0.1) is 0 Å². The first kappa shape index (κ1) is 14.0. The third-order valence-corrected chi connectivity index (χ3v) is 2.38. The van der Waals surface area contributed by atoms with E-state index < -0.39 is 23.9 Å². The molecule has 0 bridgehead atoms. The van der Waals surface area contributed by atoms with Crippen LogP contribution >= 0.6 is 0 Å². The average Bonchev–Trinajstić information content (AvgIpc) is 2.29. The van der Waals surface area contributed by atoms with Gasteiger partial charge in [0.05, 0.1) is 5.69 Å². The highest BCUT2D eigenvalue weighted by Gasteiger charge is 2.17. The predicted octanol–water partition coefficient (Wildman–Crippen LogP) is 2.12. The fourth-order valence-electron chi connectivity index (χ4n) is 1.38. The van der Waals surface area contributed by atoms with Crippen LogP contribution in [0, 0.1) is 12.7 Å². The summed E-state index contributed by atoms with van der Waals surface area (Å²) >= 11 is 0. The smallest absolute Gasteiger partial charge is 0.326 e. The van der Waals surface area contributed by atoms with E-state index in [9.17, 15) is 14.0 Å². The fraction of sp³-hybridized carbons (Fsp3) is 0.333. The van der Waals surface area contributed by atoms with Gasteiger partial charge in [-0.1, -0.05) is 13.0 Å². The maximum Gasteiger partial charge on any atom is 0.326 e. The Labute approximate surface area is 104 Å². The van der Waals surface area contributed by atoms with Gasteiger partial charge in [0.2, 0.25) is 0 Å². The zero-order valence-electron chi connectivity index (χ0n) is 10.2. The molecule has 1 rings (SSSR count). The summed E-state index contributed by atoms with van der Waals surface area (Å²) < 4.78 is 13.4. The molecule has 3 N–H and O–H groups in total. The molecular formula is C12H15FN2O3. The molecule has 0 saturated heterocycles. The van der Waals surface area contributed by atoms with Crippen LogP contribution in [0.1, 0.15) is 18.9 Å². The molecule has 0 aliphatic carbocycles. The lowest BCUT2D eigenvalue weighted by atomic mass is 10.2. The first-order valence-corrected chi connectivity index (χ1v) is 5.50. The lowest BCUT2D eigenvalue weighted by Gasteiger charge is -2.13. The number of carboxylic acids is 1. The van der Waals surface area contributed by atoms with Crippen molar-refractivity contribution in [2.24, 2.45) is 0 Å². The minimum absolute atomic E-state index is 0.0124. The Morgan fingerprint density at radius 2 is 2.11 bits per heavy atom. The molecule has 0 aliphatic heterocycles. The Hall–Kier alpha value is -2.11. The molecule has 0 radical (unpaired) electrons. The van der Waals surface area contributed by atoms with Crippen molar-refractivity contribution in [1.82, 2.24) is 5.32 Å². The second-order valence-corrected chi connectivity index (χ2v) is 3.88. The Morgan fingerprint density at radius 3 is 2.61 bits per heavy atom. The number of urea groups is 1. The number of aryl methyl sites for hydroxylation is 1. The van der Waals surface area contributed by atoms with E-state index in [4.69, 9.17) is 5.11 Å². The molecule has 98 valence electrons. The first-order valence-electron chi connectivity index (χ1n) is 5.50. The molecule has 1 aromatic rings. The van der Waals surface area contributed by atoms with Crippen LogP contribution in [-0.4, -0.2) is 23.1 Å². The number of amides is 2. The summed E-state index contributed by atoms with van der Waals surface area (Å²) in [7, 11) is 0. The molecule has 0 aromatic heterocycles. The Balaban J connectivity index is 2.67. The van der Waals surface area contributed by atoms with Crippen molar-refractivity contribution >= 4 is 17.7 Å². The van der Waals surface area contributed by atoms with E-state index in [1.54, 1.807) is 19.9 Å². The van der Waals surface area contributed by atoms with Gasteiger partial charge in [0, 0.05) is 0 Å². The van der Waals surface area contributed by atoms with Crippen LogP contribution in [0.4, 0.5) is 14.9 Å². The first-order chi connectivity index (χ1) is 8.43. The highest BCUT2D eigenvalue weighted by Crippen LogP contribution is 2.14. The third kappa shape index (κ3) is 3.73. The van der Waals surface area contributed by atoms with E-state index in [0.717, 1.165) is 5.56 Å². The summed E-state index contributed by atoms with van der Waals surface area (Å²) in [5.41, 5.74) is 0.744. The van der Waals surface area contributed by atoms with Crippen LogP contribution in [0.2, 0.25) is 0 Å². The lowest BCUT2D eigenvalue weighted by Crippen LogP contribution is -2.42. The topological polar surface area (TPSA) is 78.4 Å². The van der Waals surface area contributed by atoms with Crippen LogP contribution in [-0.2, 0) is 4.79 Å². The molecule has 0 spiro atoms. The van der Waals surface area contributed by atoms with Crippen molar-refractivity contribution in [3.63, 3.8) is 0 Å². The molecule has 0 fully saturated rings. The summed E-state index contributed by atoms with van der Waals surface area (Å²) in [4.78, 5) is 22.2. The number of aliphatic carboxylic acids is 1. The third-order valence-electron chi connectivity index (χ3n) is 2.38. The Bertz CT molecular complexity index is 463. The quantitative estimate of drug-likeness (QED) is 0.770. The van der Waals surface area contributed by atoms with E-state index in [1.807, 2.05) is 0 Å². The summed E-state index contributed by atoms with van der Waals surface area (Å²) in [5.74, 6) is -1.69. The molecule has 0 saturated carbocycles. The number of carbonyl (C=O) groups excluding carboxylic acids is 1. The van der Waals surface area contributed by atoms with E-state index in [1.165, 1.54) is 12.1 Å². The van der Waals surface area contributed by atoms with Gasteiger partial charge in [-0.3, -0.25) is 0 Å². The molecule has 1 aromatic carbocycles. The number of anilines is 1. The maximum atomic E-state index is 13.4. The number of carboxylic acid groups (broad SMARTS) is 1. The molecule has 2 amide bonds. The van der Waals surface area contributed by atoms with Crippen LogP contribution in [0.3, 0.4) is 0 Å². The van der Waals surface area contributed by atoms with Crippen molar-refractivity contribution < 1.29 is 19.1 Å². The monoisotopic (exact) mass is 254 g/mol. The highest BCUT2D eigenvalue weighted by molar-refractivity contribution is 5.92. The minimum Gasteiger partial charge on any atom is -0.480 e. The molecule has 0 unspecified atom stereocenters. The zero-order valence-corrected chi connectivity index (χ0v) is 10.2. The highest BCUT2D eigenvalue weighted by atomic mass is 19.1. The second-order valence-electron chi connectivity index (χ2n) is 3.88. The van der Waals surface area contributed by atoms with Crippen LogP contribution < -0.4 is 10.6 Å². The zero-order chi connectivity index (χ0) is 13.7. The van der Waals surface area contributed by atoms with Crippen LogP contribution in [0.15, 0.2) is 18.2 Å². The molecule has 18 heavy (non-hydrogen) atoms. The average molecular weight is 254 g/mol. The SMILES string of the molecule is CC[C@H](NC(=O)Nc1ccc(C)cc1F)C(=O)O. The van der Waals surface area contributed by atoms with Gasteiger partial charge in [0.15, 0.2) is 0 Å². The van der Waals surface area contributed by atoms with Crippen molar-refractivity contribution in [3.8, 4) is 0 Å². The van der Waals surface area contributed by atoms with Crippen LogP contribution in [0.25, 0.3) is 0 Å². The number of benzene rings is 1. The minimum atomic E-state index is -1.13. The fourth-order valence-corrected chi connectivity index (χ4v) is 1.38. The van der Waals surface area contributed by atoms with Crippen molar-refractivity contribution in [2.45, 2.75) is 26.3 Å². The van der Waals surface area contributed by atoms with Gasteiger partial charge in [0.25, 0.3) is 0 Å². The lowest BCUT2D eigenvalue weighted by molar-refractivity contribution is -0.139. The standard InChI is InChI=1S/C12H15FN2O3/c1-3-9(11(16)17)14-12(18)15-10-5-4-7(2)6-8(10)13/h4-6,9H,3H2,1-2H3,(H,16,17)(H2,14,15,18)/t9-/m0/s1. The van der Waals surface area contributed by atoms with Crippen molar-refractivity contribution in [1.29, 1.82) is 0 Å². The van der Waals surface area contributed by atoms with Gasteiger partial charge < -0.3 is 15.7 Å². The van der Waals surface area contributed by atoms with Gasteiger partial charge in [-0.2, -0.15) is 0 Å². The molecule has 0 heterocycles. The summed E-state index contributed by atoms with van der Waals surface area (Å²) in [6.45, 7) is 3.36. The largest absolute Gasteiger partial charge is 0.480 e. The van der Waals surface area contributed by atoms with Gasteiger partial charge in [-0.05, 0) is 31.0 Å². The number of hydrogen-bond acceptors (Lipinski definition) is 2. The van der Waals surface area contributed by atoms with E-state index in [0.29, 0.717) is 0 Å². The molecule has 0 aliphatic rings. The van der Waals surface area contributed by atoms with Gasteiger partial charge in [0.1, 0.15) is 11.9 Å². The number of nitrogens with one attached hydrogen (secondary N) is 2. The molecular weight excluding hydrogens is 239 g/mol. The summed E-state index contributed by atoms with van der Waals surface area (Å²) in [6, 6.07) is 2.62. The Morgan fingerprint density at radius 1 is 1.44 bits per heavy atom. The molecule has 5 nitrogen and oxygen atoms in total. The van der Waals surface area contributed by atoms with Crippen molar-refractivity contribution in [3.05, 3.63) is 29.6 Å². The van der Waals surface area contributed by atoms with E-state index in [2.05, 4.69) is 10.6 Å². The van der Waals surface area contributed by atoms with E-state index in [-0.39, 0.29) is 12.1 Å². The van der Waals surface area contributed by atoms with Gasteiger partial charge >= 0.3 is 12.0 Å². The number of halogens is 1. The van der Waals surface area contributed by atoms with Crippen LogP contribution in [0.5, 0.6) is 0 Å². The molecule has 1 atom stereocenters. The van der Waals surface area contributed by atoms with Crippen molar-refractivity contribution in [2.75, 3.05) is 5.32 Å². The number of hydrogen-bond donors (Lipinski definition) is 3. The maximum absolute atomic E-state index is 13.4. The normalized spacial score (nSPS) is 11.7. The summed E-state index contributed by atoms with van der Waals surface area (Å²) in [5, 5.41) is 13.3. The number of rotatable bonds is 4. The predicted molar refractivity (Wildman–Crippen MR) is 65.0 cm³/mol. The summed E-state index contributed by atoms with van der Waals surface area (Å²) in [6.07, 6.45) is 0.249. The second kappa shape index (κ2) is 6.00. The van der Waals surface area contributed by atoms with Gasteiger partial charge in [-0.25, -0.2) is 14.0 Å². The Kier molecular flexibility index (Phi) is 4.65. The van der Waals surface area contributed by atoms with E-state index >= 15 is 0 Å².